The second-order valence-corrected chi connectivity index (χ2v) is 5.46. The van der Waals surface area contributed by atoms with Gasteiger partial charge >= 0.3 is 0 Å². The summed E-state index contributed by atoms with van der Waals surface area (Å²) in [5.41, 5.74) is 6.78. The van der Waals surface area contributed by atoms with Crippen LogP contribution in [-0.2, 0) is 6.54 Å². The van der Waals surface area contributed by atoms with E-state index in [1.807, 2.05) is 71.5 Å². The number of ether oxygens (including phenoxy) is 1. The molecule has 3 rings (SSSR count). The zero-order valence-electron chi connectivity index (χ0n) is 14.3. The molecule has 0 unspecified atom stereocenters. The van der Waals surface area contributed by atoms with E-state index in [0.717, 1.165) is 30.2 Å². The number of anilines is 1. The third-order valence-corrected chi connectivity index (χ3v) is 3.47. The van der Waals surface area contributed by atoms with Gasteiger partial charge in [-0.25, -0.2) is 0 Å². The Hall–Kier alpha value is -2.55. The Morgan fingerprint density at radius 1 is 1.08 bits per heavy atom. The van der Waals surface area contributed by atoms with E-state index in [1.165, 1.54) is 0 Å². The van der Waals surface area contributed by atoms with Gasteiger partial charge in [0.2, 0.25) is 0 Å². The van der Waals surface area contributed by atoms with Crippen molar-refractivity contribution in [3.8, 4) is 11.5 Å². The molecule has 136 valence electrons. The second-order valence-electron chi connectivity index (χ2n) is 5.46. The SMILES string of the molecule is I.NC(=NCCCn1cccn1)Nc1cccc(Oc2ccccc2)c1. The van der Waals surface area contributed by atoms with Crippen molar-refractivity contribution in [2.75, 3.05) is 11.9 Å². The molecular weight excluding hydrogens is 441 g/mol. The summed E-state index contributed by atoms with van der Waals surface area (Å²) in [4.78, 5) is 4.33. The minimum Gasteiger partial charge on any atom is -0.457 e. The third-order valence-electron chi connectivity index (χ3n) is 3.47. The molecule has 6 nitrogen and oxygen atoms in total. The number of hydrogen-bond donors (Lipinski definition) is 2. The van der Waals surface area contributed by atoms with E-state index < -0.39 is 0 Å². The maximum atomic E-state index is 5.94. The van der Waals surface area contributed by atoms with Gasteiger partial charge in [0, 0.05) is 37.2 Å². The number of rotatable bonds is 7. The highest BCUT2D eigenvalue weighted by Gasteiger charge is 2.00. The number of nitrogens with zero attached hydrogens (tertiary/aromatic N) is 3. The van der Waals surface area contributed by atoms with Crippen LogP contribution in [0.25, 0.3) is 0 Å². The molecular formula is C19H22IN5O. The zero-order chi connectivity index (χ0) is 17.3. The fraction of sp³-hybridized carbons (Fsp3) is 0.158. The summed E-state index contributed by atoms with van der Waals surface area (Å²) in [6, 6.07) is 19.2. The van der Waals surface area contributed by atoms with Crippen molar-refractivity contribution in [3.05, 3.63) is 73.1 Å². The zero-order valence-corrected chi connectivity index (χ0v) is 16.6. The van der Waals surface area contributed by atoms with Crippen LogP contribution in [0, 0.1) is 0 Å². The van der Waals surface area contributed by atoms with Crippen LogP contribution in [0.3, 0.4) is 0 Å². The molecule has 3 N–H and O–H groups in total. The number of aryl methyl sites for hydroxylation is 1. The van der Waals surface area contributed by atoms with Crippen molar-refractivity contribution < 1.29 is 4.74 Å². The predicted molar refractivity (Wildman–Crippen MR) is 115 cm³/mol. The molecule has 0 fully saturated rings. The van der Waals surface area contributed by atoms with Crippen LogP contribution >= 0.6 is 24.0 Å². The lowest BCUT2D eigenvalue weighted by Crippen LogP contribution is -2.23. The van der Waals surface area contributed by atoms with Crippen LogP contribution in [0.1, 0.15) is 6.42 Å². The molecule has 1 heterocycles. The van der Waals surface area contributed by atoms with Crippen molar-refractivity contribution in [1.29, 1.82) is 0 Å². The van der Waals surface area contributed by atoms with Crippen LogP contribution < -0.4 is 15.8 Å². The van der Waals surface area contributed by atoms with Crippen molar-refractivity contribution in [2.24, 2.45) is 10.7 Å². The van der Waals surface area contributed by atoms with E-state index in [1.54, 1.807) is 6.20 Å². The Balaban J connectivity index is 0.00000243. The molecule has 3 aromatic rings. The van der Waals surface area contributed by atoms with E-state index in [0.29, 0.717) is 12.5 Å². The predicted octanol–water partition coefficient (Wildman–Crippen LogP) is 4.11. The van der Waals surface area contributed by atoms with Gasteiger partial charge in [0.15, 0.2) is 5.96 Å². The molecule has 0 saturated carbocycles. The lowest BCUT2D eigenvalue weighted by atomic mass is 10.3. The van der Waals surface area contributed by atoms with Gasteiger partial charge in [-0.2, -0.15) is 5.10 Å². The van der Waals surface area contributed by atoms with E-state index >= 15 is 0 Å². The molecule has 0 spiro atoms. The number of hydrogen-bond acceptors (Lipinski definition) is 3. The summed E-state index contributed by atoms with van der Waals surface area (Å²) in [6.07, 6.45) is 4.58. The average molecular weight is 463 g/mol. The van der Waals surface area contributed by atoms with Gasteiger partial charge in [-0.15, -0.1) is 24.0 Å². The first-order valence-electron chi connectivity index (χ1n) is 8.17. The summed E-state index contributed by atoms with van der Waals surface area (Å²) < 4.78 is 7.69. The Bertz CT molecular complexity index is 806. The lowest BCUT2D eigenvalue weighted by molar-refractivity contribution is 0.483. The van der Waals surface area contributed by atoms with Gasteiger partial charge in [-0.1, -0.05) is 24.3 Å². The normalized spacial score (nSPS) is 10.8. The van der Waals surface area contributed by atoms with Crippen LogP contribution in [-0.4, -0.2) is 22.3 Å². The average Bonchev–Trinajstić information content (AvgIpc) is 3.13. The number of halogens is 1. The first-order valence-corrected chi connectivity index (χ1v) is 8.17. The summed E-state index contributed by atoms with van der Waals surface area (Å²) in [5.74, 6) is 1.92. The Morgan fingerprint density at radius 2 is 1.88 bits per heavy atom. The quantitative estimate of drug-likeness (QED) is 0.239. The molecule has 0 saturated heterocycles. The molecule has 0 aliphatic carbocycles. The Morgan fingerprint density at radius 3 is 2.65 bits per heavy atom. The van der Waals surface area contributed by atoms with E-state index in [2.05, 4.69) is 15.4 Å². The van der Waals surface area contributed by atoms with E-state index in [4.69, 9.17) is 10.5 Å². The van der Waals surface area contributed by atoms with Gasteiger partial charge in [0.25, 0.3) is 0 Å². The molecule has 0 aliphatic heterocycles. The summed E-state index contributed by atoms with van der Waals surface area (Å²) >= 11 is 0. The summed E-state index contributed by atoms with van der Waals surface area (Å²) in [7, 11) is 0. The van der Waals surface area contributed by atoms with E-state index in [-0.39, 0.29) is 24.0 Å². The van der Waals surface area contributed by atoms with Gasteiger partial charge in [0.1, 0.15) is 11.5 Å². The van der Waals surface area contributed by atoms with Crippen LogP contribution in [0.2, 0.25) is 0 Å². The van der Waals surface area contributed by atoms with Gasteiger partial charge in [-0.3, -0.25) is 9.67 Å². The monoisotopic (exact) mass is 463 g/mol. The van der Waals surface area contributed by atoms with Gasteiger partial charge in [-0.05, 0) is 36.8 Å². The molecule has 0 atom stereocenters. The number of aliphatic imine (C=N–C) groups is 1. The molecule has 2 aromatic carbocycles. The number of aromatic nitrogens is 2. The largest absolute Gasteiger partial charge is 0.457 e. The Kier molecular flexibility index (Phi) is 7.94. The molecule has 1 aromatic heterocycles. The fourth-order valence-corrected chi connectivity index (χ4v) is 2.31. The van der Waals surface area contributed by atoms with Gasteiger partial charge in [0.05, 0.1) is 0 Å². The first kappa shape index (κ1) is 19.8. The standard InChI is InChI=1S/C19H21N5O.HI/c20-19(21-11-5-13-24-14-6-12-22-24)23-16-7-4-10-18(15-16)25-17-8-2-1-3-9-17;/h1-4,6-10,12,14-15H,5,11,13H2,(H3,20,21,23);1H. The number of guanidine groups is 1. The number of benzene rings is 2. The summed E-state index contributed by atoms with van der Waals surface area (Å²) in [6.45, 7) is 1.46. The second kappa shape index (κ2) is 10.4. The molecule has 0 bridgehead atoms. The smallest absolute Gasteiger partial charge is 0.193 e. The minimum atomic E-state index is 0. The number of nitrogens with two attached hydrogens (primary N) is 1. The summed E-state index contributed by atoms with van der Waals surface area (Å²) in [5, 5.41) is 7.24. The van der Waals surface area contributed by atoms with Crippen molar-refractivity contribution in [2.45, 2.75) is 13.0 Å². The van der Waals surface area contributed by atoms with Crippen molar-refractivity contribution >= 4 is 35.6 Å². The van der Waals surface area contributed by atoms with Crippen molar-refractivity contribution in [3.63, 3.8) is 0 Å². The van der Waals surface area contributed by atoms with Gasteiger partial charge < -0.3 is 15.8 Å². The highest BCUT2D eigenvalue weighted by molar-refractivity contribution is 14.0. The highest BCUT2D eigenvalue weighted by atomic mass is 127. The first-order chi connectivity index (χ1) is 12.3. The molecule has 0 amide bonds. The maximum Gasteiger partial charge on any atom is 0.193 e. The molecule has 0 radical (unpaired) electrons. The number of para-hydroxylation sites is 1. The topological polar surface area (TPSA) is 77.5 Å². The van der Waals surface area contributed by atoms with Crippen LogP contribution in [0.15, 0.2) is 78.0 Å². The lowest BCUT2D eigenvalue weighted by Gasteiger charge is -2.09. The minimum absolute atomic E-state index is 0. The third kappa shape index (κ3) is 6.40. The Labute approximate surface area is 170 Å². The molecule has 7 heteroatoms. The van der Waals surface area contributed by atoms with Crippen LogP contribution in [0.4, 0.5) is 5.69 Å². The highest BCUT2D eigenvalue weighted by Crippen LogP contribution is 2.23. The fourth-order valence-electron chi connectivity index (χ4n) is 2.31. The molecule has 26 heavy (non-hydrogen) atoms. The number of nitrogens with one attached hydrogen (secondary N) is 1. The van der Waals surface area contributed by atoms with E-state index in [9.17, 15) is 0 Å². The van der Waals surface area contributed by atoms with Crippen LogP contribution in [0.5, 0.6) is 11.5 Å². The molecule has 0 aliphatic rings. The maximum absolute atomic E-state index is 5.94. The van der Waals surface area contributed by atoms with Crippen molar-refractivity contribution in [1.82, 2.24) is 9.78 Å².